The van der Waals surface area contributed by atoms with E-state index >= 15 is 0 Å². The zero-order valence-corrected chi connectivity index (χ0v) is 11.8. The predicted octanol–water partition coefficient (Wildman–Crippen LogP) is 2.86. The predicted molar refractivity (Wildman–Crippen MR) is 73.5 cm³/mol. The third-order valence-electron chi connectivity index (χ3n) is 1.92. The summed E-state index contributed by atoms with van der Waals surface area (Å²) < 4.78 is 1.52. The summed E-state index contributed by atoms with van der Waals surface area (Å²) in [4.78, 5) is 11.9. The Hall–Kier alpha value is -0.920. The summed E-state index contributed by atoms with van der Waals surface area (Å²) in [5.74, 6) is 0.383. The second-order valence-electron chi connectivity index (χ2n) is 3.10. The Balaban J connectivity index is 2.01. The van der Waals surface area contributed by atoms with Crippen molar-refractivity contribution in [2.24, 2.45) is 0 Å². The Morgan fingerprint density at radius 3 is 2.82 bits per heavy atom. The maximum atomic E-state index is 11.9. The second-order valence-corrected chi connectivity index (χ2v) is 6.18. The Labute approximate surface area is 115 Å². The van der Waals surface area contributed by atoms with Crippen LogP contribution in [0.5, 0.6) is 0 Å². The van der Waals surface area contributed by atoms with Crippen molar-refractivity contribution in [3.63, 3.8) is 0 Å². The number of rotatable bonds is 4. The van der Waals surface area contributed by atoms with E-state index in [-0.39, 0.29) is 5.78 Å². The van der Waals surface area contributed by atoms with Gasteiger partial charge in [0.1, 0.15) is 0 Å². The monoisotopic (exact) mass is 329 g/mol. The molecule has 0 aliphatic heterocycles. The summed E-state index contributed by atoms with van der Waals surface area (Å²) in [6.45, 7) is 0. The van der Waals surface area contributed by atoms with E-state index in [0.29, 0.717) is 20.8 Å². The van der Waals surface area contributed by atoms with Crippen molar-refractivity contribution in [3.8, 4) is 0 Å². The fraction of sp³-hybridized carbons (Fsp3) is 0.100. The van der Waals surface area contributed by atoms with E-state index in [1.54, 1.807) is 6.07 Å². The second kappa shape index (κ2) is 5.61. The number of ketones is 1. The van der Waals surface area contributed by atoms with Gasteiger partial charge in [-0.1, -0.05) is 57.2 Å². The fourth-order valence-corrected chi connectivity index (χ4v) is 3.20. The van der Waals surface area contributed by atoms with Crippen molar-refractivity contribution in [1.82, 2.24) is 10.2 Å². The van der Waals surface area contributed by atoms with Gasteiger partial charge in [-0.05, 0) is 6.07 Å². The highest BCUT2D eigenvalue weighted by Gasteiger charge is 2.11. The summed E-state index contributed by atoms with van der Waals surface area (Å²) in [5, 5.41) is 7.95. The smallest absolute Gasteiger partial charge is 0.203 e. The minimum absolute atomic E-state index is 0.0521. The van der Waals surface area contributed by atoms with Crippen molar-refractivity contribution < 1.29 is 4.79 Å². The largest absolute Gasteiger partial charge is 0.374 e. The molecule has 1 heterocycles. The highest BCUT2D eigenvalue weighted by atomic mass is 79.9. The molecule has 4 nitrogen and oxygen atoms in total. The lowest BCUT2D eigenvalue weighted by molar-refractivity contribution is 0.102. The van der Waals surface area contributed by atoms with Crippen molar-refractivity contribution >= 4 is 49.9 Å². The molecule has 1 aromatic carbocycles. The van der Waals surface area contributed by atoms with Crippen molar-refractivity contribution in [3.05, 3.63) is 34.3 Å². The number of hydrogen-bond donors (Lipinski definition) is 1. The van der Waals surface area contributed by atoms with Crippen LogP contribution in [-0.4, -0.2) is 21.7 Å². The van der Waals surface area contributed by atoms with Crippen LogP contribution in [0.2, 0.25) is 0 Å². The van der Waals surface area contributed by atoms with E-state index < -0.39 is 0 Å². The van der Waals surface area contributed by atoms with Crippen LogP contribution >= 0.6 is 39.0 Å². The number of carbonyl (C=O) groups is 1. The zero-order chi connectivity index (χ0) is 12.3. The van der Waals surface area contributed by atoms with Gasteiger partial charge < -0.3 is 5.73 Å². The standard InChI is InChI=1S/C10H8BrN3OS2/c11-7-4-2-1-3-6(7)8(15)5-16-10-14-13-9(12)17-10/h1-4H,5H2,(H2,12,13). The maximum absolute atomic E-state index is 11.9. The number of Topliss-reactive ketones (excluding diaryl/α,β-unsaturated/α-hetero) is 1. The van der Waals surface area contributed by atoms with Crippen LogP contribution in [-0.2, 0) is 0 Å². The van der Waals surface area contributed by atoms with Gasteiger partial charge in [0, 0.05) is 10.0 Å². The van der Waals surface area contributed by atoms with Gasteiger partial charge in [-0.25, -0.2) is 0 Å². The normalized spacial score (nSPS) is 10.4. The van der Waals surface area contributed by atoms with Crippen molar-refractivity contribution in [2.75, 3.05) is 11.5 Å². The first kappa shape index (κ1) is 12.5. The molecule has 0 aliphatic rings. The van der Waals surface area contributed by atoms with Gasteiger partial charge in [0.2, 0.25) is 5.13 Å². The van der Waals surface area contributed by atoms with Gasteiger partial charge in [-0.3, -0.25) is 4.79 Å². The lowest BCUT2D eigenvalue weighted by Crippen LogP contribution is -2.02. The average molecular weight is 330 g/mol. The number of nitrogens with two attached hydrogens (primary N) is 1. The van der Waals surface area contributed by atoms with E-state index in [2.05, 4.69) is 26.1 Å². The molecule has 0 unspecified atom stereocenters. The Morgan fingerprint density at radius 2 is 2.18 bits per heavy atom. The number of nitrogens with zero attached hydrogens (tertiary/aromatic N) is 2. The maximum Gasteiger partial charge on any atom is 0.203 e. The van der Waals surface area contributed by atoms with Gasteiger partial charge in [-0.15, -0.1) is 10.2 Å². The van der Waals surface area contributed by atoms with Crippen LogP contribution < -0.4 is 5.73 Å². The average Bonchev–Trinajstić information content (AvgIpc) is 2.73. The van der Waals surface area contributed by atoms with Gasteiger partial charge in [0.15, 0.2) is 10.1 Å². The molecule has 0 radical (unpaired) electrons. The lowest BCUT2D eigenvalue weighted by Gasteiger charge is -2.01. The molecule has 0 spiro atoms. The molecule has 0 fully saturated rings. The Bertz CT molecular complexity index is 544. The van der Waals surface area contributed by atoms with E-state index in [4.69, 9.17) is 5.73 Å². The molecule has 2 aromatic rings. The van der Waals surface area contributed by atoms with Crippen molar-refractivity contribution in [1.29, 1.82) is 0 Å². The SMILES string of the molecule is Nc1nnc(SCC(=O)c2ccccc2Br)s1. The molecule has 0 bridgehead atoms. The van der Waals surface area contributed by atoms with Crippen LogP contribution in [0.3, 0.4) is 0 Å². The summed E-state index contributed by atoms with van der Waals surface area (Å²) in [7, 11) is 0. The summed E-state index contributed by atoms with van der Waals surface area (Å²) >= 11 is 5.98. The van der Waals surface area contributed by atoms with Gasteiger partial charge in [0.25, 0.3) is 0 Å². The van der Waals surface area contributed by atoms with Gasteiger partial charge in [0.05, 0.1) is 5.75 Å². The van der Waals surface area contributed by atoms with Crippen LogP contribution in [0.15, 0.2) is 33.1 Å². The molecule has 2 N–H and O–H groups in total. The number of benzene rings is 1. The number of nitrogen functional groups attached to an aromatic ring is 1. The van der Waals surface area contributed by atoms with Crippen molar-refractivity contribution in [2.45, 2.75) is 4.34 Å². The number of anilines is 1. The van der Waals surface area contributed by atoms with E-state index in [1.807, 2.05) is 18.2 Å². The quantitative estimate of drug-likeness (QED) is 0.690. The molecule has 0 aliphatic carbocycles. The molecule has 1 aromatic heterocycles. The molecule has 88 valence electrons. The fourth-order valence-electron chi connectivity index (χ4n) is 1.17. The number of carbonyl (C=O) groups excluding carboxylic acids is 1. The third-order valence-corrected chi connectivity index (χ3v) is 4.50. The van der Waals surface area contributed by atoms with Crippen LogP contribution in [0.1, 0.15) is 10.4 Å². The first-order valence-electron chi connectivity index (χ1n) is 4.66. The van der Waals surface area contributed by atoms with Crippen LogP contribution in [0.25, 0.3) is 0 Å². The lowest BCUT2D eigenvalue weighted by atomic mass is 10.1. The minimum atomic E-state index is 0.0521. The van der Waals surface area contributed by atoms with Crippen LogP contribution in [0, 0.1) is 0 Å². The van der Waals surface area contributed by atoms with E-state index in [1.165, 1.54) is 23.1 Å². The first-order chi connectivity index (χ1) is 8.16. The Morgan fingerprint density at radius 1 is 1.41 bits per heavy atom. The number of aromatic nitrogens is 2. The molecule has 0 atom stereocenters. The van der Waals surface area contributed by atoms with Gasteiger partial charge in [-0.2, -0.15) is 0 Å². The van der Waals surface area contributed by atoms with Crippen LogP contribution in [0.4, 0.5) is 5.13 Å². The van der Waals surface area contributed by atoms with Gasteiger partial charge >= 0.3 is 0 Å². The first-order valence-corrected chi connectivity index (χ1v) is 7.26. The highest BCUT2D eigenvalue weighted by molar-refractivity contribution is 9.10. The molecule has 2 rings (SSSR count). The number of hydrogen-bond acceptors (Lipinski definition) is 6. The number of thioether (sulfide) groups is 1. The molecular weight excluding hydrogens is 322 g/mol. The topological polar surface area (TPSA) is 68.9 Å². The summed E-state index contributed by atoms with van der Waals surface area (Å²) in [5.41, 5.74) is 6.14. The molecule has 0 amide bonds. The molecule has 0 saturated carbocycles. The molecule has 17 heavy (non-hydrogen) atoms. The third kappa shape index (κ3) is 3.27. The molecular formula is C10H8BrN3OS2. The number of halogens is 1. The molecule has 0 saturated heterocycles. The summed E-state index contributed by atoms with van der Waals surface area (Å²) in [6.07, 6.45) is 0. The zero-order valence-electron chi connectivity index (χ0n) is 8.59. The minimum Gasteiger partial charge on any atom is -0.374 e. The Kier molecular flexibility index (Phi) is 4.14. The van der Waals surface area contributed by atoms with E-state index in [0.717, 1.165) is 4.47 Å². The van der Waals surface area contributed by atoms with E-state index in [9.17, 15) is 4.79 Å². The summed E-state index contributed by atoms with van der Waals surface area (Å²) in [6, 6.07) is 7.35. The highest BCUT2D eigenvalue weighted by Crippen LogP contribution is 2.25. The molecule has 7 heteroatoms.